The first kappa shape index (κ1) is 14.4. The van der Waals surface area contributed by atoms with Crippen molar-refractivity contribution in [1.82, 2.24) is 4.90 Å². The van der Waals surface area contributed by atoms with Crippen LogP contribution in [0.3, 0.4) is 0 Å². The summed E-state index contributed by atoms with van der Waals surface area (Å²) < 4.78 is 35.6. The SMILES string of the molecule is CN(CC(O)c1ccc(F)cc1)C1CCS(=O)(=O)C1. The second-order valence-corrected chi connectivity index (χ2v) is 7.29. The number of halogens is 1. The van der Waals surface area contributed by atoms with E-state index in [2.05, 4.69) is 0 Å². The molecule has 1 saturated heterocycles. The number of nitrogens with zero attached hydrogens (tertiary/aromatic N) is 1. The average Bonchev–Trinajstić information content (AvgIpc) is 2.70. The fourth-order valence-corrected chi connectivity index (χ4v) is 4.14. The molecule has 0 spiro atoms. The predicted molar refractivity (Wildman–Crippen MR) is 71.0 cm³/mol. The fraction of sp³-hybridized carbons (Fsp3) is 0.538. The Kier molecular flexibility index (Phi) is 4.23. The highest BCUT2D eigenvalue weighted by Gasteiger charge is 2.31. The molecule has 1 aromatic carbocycles. The predicted octanol–water partition coefficient (Wildman–Crippen LogP) is 0.978. The minimum Gasteiger partial charge on any atom is -0.387 e. The molecule has 2 atom stereocenters. The Morgan fingerprint density at radius 2 is 2.05 bits per heavy atom. The van der Waals surface area contributed by atoms with E-state index in [0.29, 0.717) is 18.5 Å². The summed E-state index contributed by atoms with van der Waals surface area (Å²) >= 11 is 0. The Labute approximate surface area is 112 Å². The summed E-state index contributed by atoms with van der Waals surface area (Å²) in [7, 11) is -1.12. The summed E-state index contributed by atoms with van der Waals surface area (Å²) in [6.07, 6.45) is -0.136. The number of sulfone groups is 1. The van der Waals surface area contributed by atoms with Gasteiger partial charge in [0.05, 0.1) is 17.6 Å². The van der Waals surface area contributed by atoms with E-state index in [1.54, 1.807) is 19.2 Å². The molecule has 19 heavy (non-hydrogen) atoms. The molecule has 0 aromatic heterocycles. The van der Waals surface area contributed by atoms with Crippen molar-refractivity contribution in [3.05, 3.63) is 35.6 Å². The maximum absolute atomic E-state index is 12.8. The second kappa shape index (κ2) is 5.56. The standard InChI is InChI=1S/C13H18FNO3S/c1-15(12-6-7-19(17,18)9-12)8-13(16)10-2-4-11(14)5-3-10/h2-5,12-13,16H,6-9H2,1H3. The molecule has 2 rings (SSSR count). The number of hydrogen-bond donors (Lipinski definition) is 1. The number of aliphatic hydroxyl groups is 1. The van der Waals surface area contributed by atoms with Gasteiger partial charge in [-0.1, -0.05) is 12.1 Å². The third-order valence-electron chi connectivity index (χ3n) is 3.55. The van der Waals surface area contributed by atoms with Crippen molar-refractivity contribution >= 4 is 9.84 Å². The van der Waals surface area contributed by atoms with Crippen molar-refractivity contribution in [2.45, 2.75) is 18.6 Å². The molecule has 6 heteroatoms. The summed E-state index contributed by atoms with van der Waals surface area (Å²) in [4.78, 5) is 1.86. The second-order valence-electron chi connectivity index (χ2n) is 5.06. The smallest absolute Gasteiger partial charge is 0.151 e. The van der Waals surface area contributed by atoms with Gasteiger partial charge in [0, 0.05) is 12.6 Å². The maximum Gasteiger partial charge on any atom is 0.151 e. The van der Waals surface area contributed by atoms with Gasteiger partial charge >= 0.3 is 0 Å². The molecule has 0 aliphatic carbocycles. The Morgan fingerprint density at radius 3 is 2.58 bits per heavy atom. The van der Waals surface area contributed by atoms with Crippen molar-refractivity contribution in [2.24, 2.45) is 0 Å². The zero-order valence-electron chi connectivity index (χ0n) is 10.8. The van der Waals surface area contributed by atoms with Crippen molar-refractivity contribution in [1.29, 1.82) is 0 Å². The van der Waals surface area contributed by atoms with E-state index in [-0.39, 0.29) is 23.4 Å². The zero-order chi connectivity index (χ0) is 14.0. The van der Waals surface area contributed by atoms with Gasteiger partial charge in [-0.3, -0.25) is 4.90 Å². The first-order chi connectivity index (χ1) is 8.87. The quantitative estimate of drug-likeness (QED) is 0.897. The molecule has 106 valence electrons. The minimum atomic E-state index is -2.92. The molecular formula is C13H18FNO3S. The number of likely N-dealkylation sites (N-methyl/N-ethyl adjacent to an activating group) is 1. The molecule has 0 bridgehead atoms. The molecule has 4 nitrogen and oxygen atoms in total. The van der Waals surface area contributed by atoms with Gasteiger partial charge < -0.3 is 5.11 Å². The first-order valence-corrected chi connectivity index (χ1v) is 8.04. The summed E-state index contributed by atoms with van der Waals surface area (Å²) in [5.41, 5.74) is 0.633. The van der Waals surface area contributed by atoms with Crippen molar-refractivity contribution in [3.8, 4) is 0 Å². The average molecular weight is 287 g/mol. The summed E-state index contributed by atoms with van der Waals surface area (Å²) in [5.74, 6) is 0.0278. The van der Waals surface area contributed by atoms with Crippen LogP contribution in [0.1, 0.15) is 18.1 Å². The summed E-state index contributed by atoms with van der Waals surface area (Å²) in [6.45, 7) is 0.339. The topological polar surface area (TPSA) is 57.6 Å². The Balaban J connectivity index is 1.95. The molecular weight excluding hydrogens is 269 g/mol. The van der Waals surface area contributed by atoms with Crippen LogP contribution in [0, 0.1) is 5.82 Å². The van der Waals surface area contributed by atoms with Crippen LogP contribution in [-0.4, -0.2) is 49.6 Å². The zero-order valence-corrected chi connectivity index (χ0v) is 11.6. The number of aliphatic hydroxyl groups excluding tert-OH is 1. The molecule has 1 aromatic rings. The van der Waals surface area contributed by atoms with Crippen LogP contribution in [0.4, 0.5) is 4.39 Å². The Morgan fingerprint density at radius 1 is 1.42 bits per heavy atom. The Hall–Kier alpha value is -0.980. The van der Waals surface area contributed by atoms with Crippen molar-refractivity contribution in [2.75, 3.05) is 25.1 Å². The summed E-state index contributed by atoms with van der Waals surface area (Å²) in [6, 6.07) is 5.65. The van der Waals surface area contributed by atoms with E-state index in [0.717, 1.165) is 0 Å². The van der Waals surface area contributed by atoms with Crippen LogP contribution in [0.15, 0.2) is 24.3 Å². The summed E-state index contributed by atoms with van der Waals surface area (Å²) in [5, 5.41) is 10.1. The lowest BCUT2D eigenvalue weighted by Crippen LogP contribution is -2.35. The van der Waals surface area contributed by atoms with Crippen molar-refractivity contribution < 1.29 is 17.9 Å². The maximum atomic E-state index is 12.8. The lowest BCUT2D eigenvalue weighted by molar-refractivity contribution is 0.110. The van der Waals surface area contributed by atoms with E-state index >= 15 is 0 Å². The molecule has 2 unspecified atom stereocenters. The third kappa shape index (κ3) is 3.75. The number of benzene rings is 1. The van der Waals surface area contributed by atoms with Crippen LogP contribution in [-0.2, 0) is 9.84 Å². The van der Waals surface area contributed by atoms with Gasteiger partial charge in [-0.2, -0.15) is 0 Å². The van der Waals surface area contributed by atoms with Gasteiger partial charge in [-0.25, -0.2) is 12.8 Å². The van der Waals surface area contributed by atoms with Crippen LogP contribution >= 0.6 is 0 Å². The highest BCUT2D eigenvalue weighted by Crippen LogP contribution is 2.20. The van der Waals surface area contributed by atoms with E-state index in [4.69, 9.17) is 0 Å². The number of hydrogen-bond acceptors (Lipinski definition) is 4. The normalized spacial score (nSPS) is 23.7. The van der Waals surface area contributed by atoms with E-state index in [1.165, 1.54) is 12.1 Å². The molecule has 1 heterocycles. The molecule has 1 aliphatic heterocycles. The molecule has 0 amide bonds. The minimum absolute atomic E-state index is 0.0416. The monoisotopic (exact) mass is 287 g/mol. The van der Waals surface area contributed by atoms with Gasteiger partial charge in [0.25, 0.3) is 0 Å². The fourth-order valence-electron chi connectivity index (χ4n) is 2.34. The van der Waals surface area contributed by atoms with E-state index in [9.17, 15) is 17.9 Å². The lowest BCUT2D eigenvalue weighted by atomic mass is 10.1. The van der Waals surface area contributed by atoms with Crippen LogP contribution < -0.4 is 0 Å². The van der Waals surface area contributed by atoms with E-state index in [1.807, 2.05) is 4.90 Å². The van der Waals surface area contributed by atoms with Gasteiger partial charge in [0.15, 0.2) is 9.84 Å². The number of rotatable bonds is 4. The van der Waals surface area contributed by atoms with Crippen LogP contribution in [0.25, 0.3) is 0 Å². The Bertz CT molecular complexity index is 529. The first-order valence-electron chi connectivity index (χ1n) is 6.21. The molecule has 0 saturated carbocycles. The van der Waals surface area contributed by atoms with Crippen molar-refractivity contribution in [3.63, 3.8) is 0 Å². The van der Waals surface area contributed by atoms with E-state index < -0.39 is 15.9 Å². The molecule has 1 aliphatic rings. The lowest BCUT2D eigenvalue weighted by Gasteiger charge is -2.25. The molecule has 0 radical (unpaired) electrons. The highest BCUT2D eigenvalue weighted by atomic mass is 32.2. The van der Waals surface area contributed by atoms with Gasteiger partial charge in [0.2, 0.25) is 0 Å². The van der Waals surface area contributed by atoms with Crippen LogP contribution in [0.5, 0.6) is 0 Å². The third-order valence-corrected chi connectivity index (χ3v) is 5.30. The van der Waals surface area contributed by atoms with Gasteiger partial charge in [-0.05, 0) is 31.2 Å². The largest absolute Gasteiger partial charge is 0.387 e. The van der Waals surface area contributed by atoms with Crippen LogP contribution in [0.2, 0.25) is 0 Å². The molecule has 1 N–H and O–H groups in total. The highest BCUT2D eigenvalue weighted by molar-refractivity contribution is 7.91. The van der Waals surface area contributed by atoms with Gasteiger partial charge in [0.1, 0.15) is 5.82 Å². The van der Waals surface area contributed by atoms with Gasteiger partial charge in [-0.15, -0.1) is 0 Å². The molecule has 1 fully saturated rings.